The molecule has 4 heterocycles. The van der Waals surface area contributed by atoms with Crippen LogP contribution in [0, 0.1) is 5.92 Å². The van der Waals surface area contributed by atoms with Crippen molar-refractivity contribution in [1.82, 2.24) is 19.7 Å². The van der Waals surface area contributed by atoms with Gasteiger partial charge in [-0.1, -0.05) is 31.1 Å². The van der Waals surface area contributed by atoms with Gasteiger partial charge in [-0.3, -0.25) is 9.48 Å². The van der Waals surface area contributed by atoms with E-state index in [9.17, 15) is 4.79 Å². The van der Waals surface area contributed by atoms with Gasteiger partial charge in [-0.2, -0.15) is 5.10 Å². The van der Waals surface area contributed by atoms with Crippen molar-refractivity contribution in [1.29, 1.82) is 0 Å². The van der Waals surface area contributed by atoms with Crippen LogP contribution in [0.25, 0.3) is 32.9 Å². The molecule has 0 saturated heterocycles. The summed E-state index contributed by atoms with van der Waals surface area (Å²) in [5.41, 5.74) is 10.7. The van der Waals surface area contributed by atoms with E-state index in [1.165, 1.54) is 22.0 Å². The van der Waals surface area contributed by atoms with Crippen LogP contribution in [-0.4, -0.2) is 32.6 Å². The van der Waals surface area contributed by atoms with E-state index in [1.807, 2.05) is 24.7 Å². The van der Waals surface area contributed by atoms with Gasteiger partial charge in [0.05, 0.1) is 21.7 Å². The zero-order valence-corrected chi connectivity index (χ0v) is 23.5. The van der Waals surface area contributed by atoms with E-state index in [0.29, 0.717) is 19.1 Å². The first-order valence-electron chi connectivity index (χ1n) is 13.6. The molecule has 0 bridgehead atoms. The molecule has 0 saturated carbocycles. The third kappa shape index (κ3) is 3.65. The second-order valence-electron chi connectivity index (χ2n) is 10.8. The van der Waals surface area contributed by atoms with Gasteiger partial charge >= 0.3 is 0 Å². The zero-order chi connectivity index (χ0) is 26.8. The predicted molar refractivity (Wildman–Crippen MR) is 157 cm³/mol. The van der Waals surface area contributed by atoms with E-state index in [0.717, 1.165) is 68.9 Å². The van der Waals surface area contributed by atoms with Gasteiger partial charge in [0.15, 0.2) is 0 Å². The van der Waals surface area contributed by atoms with Gasteiger partial charge in [-0.25, -0.2) is 0 Å². The fraction of sp³-hybridized carbons (Fsp3) is 0.323. The van der Waals surface area contributed by atoms with Crippen LogP contribution in [0.5, 0.6) is 0 Å². The van der Waals surface area contributed by atoms with Crippen molar-refractivity contribution in [2.24, 2.45) is 18.1 Å². The fourth-order valence-corrected chi connectivity index (χ4v) is 7.13. The lowest BCUT2D eigenvalue weighted by molar-refractivity contribution is 0.0966. The summed E-state index contributed by atoms with van der Waals surface area (Å²) in [7, 11) is 1.96. The van der Waals surface area contributed by atoms with E-state index in [2.05, 4.69) is 64.7 Å². The van der Waals surface area contributed by atoms with Gasteiger partial charge in [0.2, 0.25) is 0 Å². The Bertz CT molecular complexity index is 1810. The lowest BCUT2D eigenvalue weighted by Crippen LogP contribution is -2.15. The van der Waals surface area contributed by atoms with Crippen molar-refractivity contribution in [3.05, 3.63) is 74.7 Å². The van der Waals surface area contributed by atoms with Crippen molar-refractivity contribution in [2.75, 3.05) is 6.61 Å². The molecule has 0 fully saturated rings. The summed E-state index contributed by atoms with van der Waals surface area (Å²) in [6, 6.07) is 10.8. The Labute approximate surface area is 231 Å². The smallest absolute Gasteiger partial charge is 0.252 e. The Balaban J connectivity index is 1.59. The molecule has 1 aliphatic carbocycles. The summed E-state index contributed by atoms with van der Waals surface area (Å²) in [5.74, 6) is 0.476. The number of aryl methyl sites for hydroxylation is 3. The van der Waals surface area contributed by atoms with E-state index in [1.54, 1.807) is 11.3 Å². The number of nitrogens with one attached hydrogen (secondary N) is 1. The number of oxime groups is 1. The van der Waals surface area contributed by atoms with Crippen LogP contribution in [0.3, 0.4) is 0 Å². The molecule has 2 aromatic carbocycles. The monoisotopic (exact) mass is 537 g/mol. The van der Waals surface area contributed by atoms with Crippen molar-refractivity contribution in [3.8, 4) is 11.1 Å². The first-order chi connectivity index (χ1) is 19.0. The van der Waals surface area contributed by atoms with Gasteiger partial charge in [0.25, 0.3) is 5.91 Å². The first-order valence-corrected chi connectivity index (χ1v) is 14.5. The number of thiophene rings is 1. The van der Waals surface area contributed by atoms with Gasteiger partial charge in [0.1, 0.15) is 12.3 Å². The van der Waals surface area contributed by atoms with E-state index in [4.69, 9.17) is 9.94 Å². The number of hydrogen-bond acceptors (Lipinski definition) is 5. The van der Waals surface area contributed by atoms with Crippen LogP contribution in [0.15, 0.2) is 47.1 Å². The highest BCUT2D eigenvalue weighted by atomic mass is 32.1. The fourth-order valence-electron chi connectivity index (χ4n) is 6.40. The molecule has 1 N–H and O–H groups in total. The average Bonchev–Trinajstić information content (AvgIpc) is 3.70. The molecule has 0 unspecified atom stereocenters. The molecular weight excluding hydrogens is 506 g/mol. The van der Waals surface area contributed by atoms with Crippen molar-refractivity contribution in [3.63, 3.8) is 0 Å². The highest BCUT2D eigenvalue weighted by molar-refractivity contribution is 7.12. The number of fused-ring (bicyclic) bond motifs is 10. The van der Waals surface area contributed by atoms with Crippen molar-refractivity contribution in [2.45, 2.75) is 46.7 Å². The van der Waals surface area contributed by atoms with Crippen LogP contribution in [0.2, 0.25) is 0 Å². The second-order valence-corrected chi connectivity index (χ2v) is 11.8. The lowest BCUT2D eigenvalue weighted by atomic mass is 9.82. The SMILES string of the molecule is CCO/N=C(/c1ccc2c(c1)c1c3c(c4c(c1n2CC(C)C)CCc1nn(C)cc1-4)C(=O)NC3)c1cccs1. The highest BCUT2D eigenvalue weighted by Gasteiger charge is 2.35. The standard InChI is InChI=1S/C31H31N5O2S/c1-5-38-34-29(25-7-6-12-39-25)18-8-11-24-20(13-18)27-21-14-32-31(37)28(21)26-19(30(27)36(24)15-17(2)3)9-10-23-22(26)16-35(4)33-23/h6-8,11-13,16-17H,5,9-10,14-15H2,1-4H3,(H,32,37)/b34-29-. The summed E-state index contributed by atoms with van der Waals surface area (Å²) in [5, 5.41) is 16.8. The maximum atomic E-state index is 13.4. The quantitative estimate of drug-likeness (QED) is 0.212. The van der Waals surface area contributed by atoms with Gasteiger partial charge < -0.3 is 14.7 Å². The number of aromatic nitrogens is 3. The molecule has 198 valence electrons. The number of nitrogens with zero attached hydrogens (tertiary/aromatic N) is 4. The Kier molecular flexibility index (Phi) is 5.63. The number of hydrogen-bond donors (Lipinski definition) is 1. The number of carbonyl (C=O) groups is 1. The molecule has 7 nitrogen and oxygen atoms in total. The van der Waals surface area contributed by atoms with E-state index < -0.39 is 0 Å². The number of benzene rings is 2. The molecule has 0 spiro atoms. The van der Waals surface area contributed by atoms with E-state index in [-0.39, 0.29) is 5.91 Å². The molecule has 8 heteroatoms. The van der Waals surface area contributed by atoms with Crippen LogP contribution < -0.4 is 5.32 Å². The first kappa shape index (κ1) is 24.2. The lowest BCUT2D eigenvalue weighted by Gasteiger charge is -2.22. The number of amides is 1. The largest absolute Gasteiger partial charge is 0.396 e. The summed E-state index contributed by atoms with van der Waals surface area (Å²) in [6.07, 6.45) is 3.82. The second kappa shape index (κ2) is 9.09. The van der Waals surface area contributed by atoms with E-state index >= 15 is 0 Å². The number of carbonyl (C=O) groups excluding carboxylic acids is 1. The van der Waals surface area contributed by atoms with Crippen LogP contribution >= 0.6 is 11.3 Å². The van der Waals surface area contributed by atoms with Crippen LogP contribution in [0.4, 0.5) is 0 Å². The van der Waals surface area contributed by atoms with Crippen LogP contribution in [-0.2, 0) is 37.8 Å². The Morgan fingerprint density at radius 1 is 1.21 bits per heavy atom. The van der Waals surface area contributed by atoms with Crippen LogP contribution in [0.1, 0.15) is 58.4 Å². The molecule has 0 radical (unpaired) electrons. The molecule has 1 aliphatic heterocycles. The summed E-state index contributed by atoms with van der Waals surface area (Å²) < 4.78 is 4.37. The molecular formula is C31H31N5O2S. The molecule has 3 aromatic heterocycles. The molecule has 1 amide bonds. The Morgan fingerprint density at radius 2 is 2.08 bits per heavy atom. The predicted octanol–water partition coefficient (Wildman–Crippen LogP) is 6.04. The number of rotatable bonds is 6. The zero-order valence-electron chi connectivity index (χ0n) is 22.7. The minimum absolute atomic E-state index is 0.0120. The van der Waals surface area contributed by atoms with Crippen molar-refractivity contribution >= 4 is 44.8 Å². The van der Waals surface area contributed by atoms with Crippen molar-refractivity contribution < 1.29 is 9.63 Å². The average molecular weight is 538 g/mol. The molecule has 7 rings (SSSR count). The summed E-state index contributed by atoms with van der Waals surface area (Å²) in [6.45, 7) is 8.41. The maximum Gasteiger partial charge on any atom is 0.252 e. The molecule has 2 aliphatic rings. The maximum absolute atomic E-state index is 13.4. The Morgan fingerprint density at radius 3 is 2.85 bits per heavy atom. The topological polar surface area (TPSA) is 73.4 Å². The van der Waals surface area contributed by atoms with Gasteiger partial charge in [-0.15, -0.1) is 11.3 Å². The minimum Gasteiger partial charge on any atom is -0.396 e. The molecule has 39 heavy (non-hydrogen) atoms. The van der Waals surface area contributed by atoms with Gasteiger partial charge in [-0.05, 0) is 60.4 Å². The molecule has 0 atom stereocenters. The minimum atomic E-state index is 0.0120. The van der Waals surface area contributed by atoms with Gasteiger partial charge in [0, 0.05) is 59.3 Å². The molecule has 5 aromatic rings. The third-order valence-electron chi connectivity index (χ3n) is 7.80. The summed E-state index contributed by atoms with van der Waals surface area (Å²) in [4.78, 5) is 20.0. The third-order valence-corrected chi connectivity index (χ3v) is 8.68. The Hall–Kier alpha value is -3.91. The normalized spacial score (nSPS) is 14.7. The highest BCUT2D eigenvalue weighted by Crippen LogP contribution is 2.47. The summed E-state index contributed by atoms with van der Waals surface area (Å²) >= 11 is 1.65.